The normalized spacial score (nSPS) is 10.6. The fraction of sp³-hybridized carbons (Fsp3) is 0.231. The van der Waals surface area contributed by atoms with Gasteiger partial charge in [-0.05, 0) is 64.6 Å². The summed E-state index contributed by atoms with van der Waals surface area (Å²) < 4.78 is 40.0. The molecule has 0 aromatic heterocycles. The molecule has 10 heteroatoms. The molecule has 3 aromatic carbocycles. The third kappa shape index (κ3) is 7.83. The Labute approximate surface area is 221 Å². The highest BCUT2D eigenvalue weighted by Crippen LogP contribution is 2.27. The lowest BCUT2D eigenvalue weighted by Crippen LogP contribution is -2.14. The summed E-state index contributed by atoms with van der Waals surface area (Å²) in [4.78, 5) is 0. The first-order valence-electron chi connectivity index (χ1n) is 10.6. The second kappa shape index (κ2) is 12.6. The first kappa shape index (κ1) is 30.7. The van der Waals surface area contributed by atoms with Crippen LogP contribution in [0.2, 0.25) is 0 Å². The van der Waals surface area contributed by atoms with Crippen molar-refractivity contribution in [3.8, 4) is 11.5 Å². The number of nitrogens with two attached hydrogens (primary N) is 2. The predicted octanol–water partition coefficient (Wildman–Crippen LogP) is 5.83. The quantitative estimate of drug-likeness (QED) is 0.213. The van der Waals surface area contributed by atoms with Crippen molar-refractivity contribution in [2.45, 2.75) is 39.4 Å². The van der Waals surface area contributed by atoms with Crippen molar-refractivity contribution in [1.82, 2.24) is 0 Å². The Morgan fingerprint density at radius 3 is 1.42 bits per heavy atom. The molecule has 0 atom stereocenters. The van der Waals surface area contributed by atoms with Gasteiger partial charge in [0.15, 0.2) is 23.1 Å². The molecular formula is C26H30Cl2F2N4O2. The van der Waals surface area contributed by atoms with Crippen molar-refractivity contribution < 1.29 is 18.3 Å². The van der Waals surface area contributed by atoms with Crippen LogP contribution in [0.5, 0.6) is 11.5 Å². The minimum absolute atomic E-state index is 0. The Bertz CT molecular complexity index is 1160. The van der Waals surface area contributed by atoms with E-state index in [1.54, 1.807) is 0 Å². The molecule has 0 amide bonds. The minimum Gasteiger partial charge on any atom is -0.486 e. The molecule has 0 aliphatic rings. The summed E-state index contributed by atoms with van der Waals surface area (Å²) in [7, 11) is 0. The summed E-state index contributed by atoms with van der Waals surface area (Å²) in [6.07, 6.45) is 0. The molecule has 0 unspecified atom stereocenters. The van der Waals surface area contributed by atoms with Crippen LogP contribution in [0, 0.1) is 22.5 Å². The van der Waals surface area contributed by atoms with Crippen LogP contribution in [-0.2, 0) is 18.6 Å². The zero-order chi connectivity index (χ0) is 25.0. The van der Waals surface area contributed by atoms with E-state index in [1.807, 2.05) is 18.2 Å². The van der Waals surface area contributed by atoms with Crippen LogP contribution in [0.3, 0.4) is 0 Å². The van der Waals surface area contributed by atoms with Crippen molar-refractivity contribution in [2.24, 2.45) is 11.5 Å². The van der Waals surface area contributed by atoms with E-state index in [1.165, 1.54) is 24.3 Å². The monoisotopic (exact) mass is 538 g/mol. The fourth-order valence-corrected chi connectivity index (χ4v) is 3.26. The number of benzene rings is 3. The molecule has 0 radical (unpaired) electrons. The van der Waals surface area contributed by atoms with Gasteiger partial charge in [0, 0.05) is 11.1 Å². The van der Waals surface area contributed by atoms with E-state index in [-0.39, 0.29) is 77.7 Å². The van der Waals surface area contributed by atoms with Crippen LogP contribution < -0.4 is 20.9 Å². The van der Waals surface area contributed by atoms with Gasteiger partial charge in [0.1, 0.15) is 24.9 Å². The molecule has 0 heterocycles. The first-order valence-corrected chi connectivity index (χ1v) is 10.6. The van der Waals surface area contributed by atoms with Gasteiger partial charge in [-0.15, -0.1) is 24.8 Å². The van der Waals surface area contributed by atoms with Gasteiger partial charge in [-0.2, -0.15) is 0 Å². The number of halogens is 4. The maximum absolute atomic E-state index is 14.3. The van der Waals surface area contributed by atoms with Crippen molar-refractivity contribution in [3.63, 3.8) is 0 Å². The lowest BCUT2D eigenvalue weighted by atomic mass is 9.85. The average molecular weight is 539 g/mol. The molecule has 0 saturated heterocycles. The number of nitrogens with one attached hydrogen (secondary N) is 2. The SMILES string of the molecule is CC(C)(C)c1cc(COc2ccc(C(=N)N)cc2F)cc(COc2ccc(C(=N)N)cc2F)c1.Cl.Cl. The molecule has 3 aromatic rings. The van der Waals surface area contributed by atoms with Crippen LogP contribution in [0.15, 0.2) is 54.6 Å². The van der Waals surface area contributed by atoms with Gasteiger partial charge >= 0.3 is 0 Å². The summed E-state index contributed by atoms with van der Waals surface area (Å²) in [6.45, 7) is 6.41. The van der Waals surface area contributed by atoms with Crippen LogP contribution >= 0.6 is 24.8 Å². The maximum Gasteiger partial charge on any atom is 0.165 e. The molecular weight excluding hydrogens is 509 g/mol. The van der Waals surface area contributed by atoms with E-state index in [2.05, 4.69) is 20.8 Å². The molecule has 0 spiro atoms. The third-order valence-electron chi connectivity index (χ3n) is 5.19. The Morgan fingerprint density at radius 2 is 1.11 bits per heavy atom. The van der Waals surface area contributed by atoms with E-state index in [9.17, 15) is 8.78 Å². The second-order valence-electron chi connectivity index (χ2n) is 8.98. The van der Waals surface area contributed by atoms with E-state index >= 15 is 0 Å². The van der Waals surface area contributed by atoms with Gasteiger partial charge < -0.3 is 20.9 Å². The van der Waals surface area contributed by atoms with E-state index in [0.29, 0.717) is 0 Å². The first-order chi connectivity index (χ1) is 15.9. The molecule has 36 heavy (non-hydrogen) atoms. The molecule has 0 aliphatic carbocycles. The molecule has 0 aliphatic heterocycles. The van der Waals surface area contributed by atoms with Crippen molar-refractivity contribution in [2.75, 3.05) is 0 Å². The van der Waals surface area contributed by atoms with Crippen molar-refractivity contribution in [1.29, 1.82) is 10.8 Å². The summed E-state index contributed by atoms with van der Waals surface area (Å²) in [5, 5.41) is 14.8. The zero-order valence-corrected chi connectivity index (χ0v) is 21.8. The Morgan fingerprint density at radius 1 is 0.722 bits per heavy atom. The largest absolute Gasteiger partial charge is 0.486 e. The minimum atomic E-state index is -0.604. The Balaban J connectivity index is 0.00000324. The van der Waals surface area contributed by atoms with Gasteiger partial charge in [-0.25, -0.2) is 8.78 Å². The van der Waals surface area contributed by atoms with E-state index < -0.39 is 11.6 Å². The summed E-state index contributed by atoms with van der Waals surface area (Å²) >= 11 is 0. The third-order valence-corrected chi connectivity index (χ3v) is 5.19. The summed E-state index contributed by atoms with van der Waals surface area (Å²) in [5.74, 6) is -1.55. The van der Waals surface area contributed by atoms with Crippen LogP contribution in [0.25, 0.3) is 0 Å². The van der Waals surface area contributed by atoms with Gasteiger partial charge in [0.2, 0.25) is 0 Å². The zero-order valence-electron chi connectivity index (χ0n) is 20.2. The smallest absolute Gasteiger partial charge is 0.165 e. The van der Waals surface area contributed by atoms with Crippen LogP contribution in [0.1, 0.15) is 48.6 Å². The highest BCUT2D eigenvalue weighted by atomic mass is 35.5. The number of ether oxygens (including phenoxy) is 2. The van der Waals surface area contributed by atoms with Crippen LogP contribution in [0.4, 0.5) is 8.78 Å². The number of hydrogen-bond donors (Lipinski definition) is 4. The molecule has 6 nitrogen and oxygen atoms in total. The second-order valence-corrected chi connectivity index (χ2v) is 8.98. The lowest BCUT2D eigenvalue weighted by Gasteiger charge is -2.22. The highest BCUT2D eigenvalue weighted by Gasteiger charge is 2.17. The Hall–Kier alpha value is -3.36. The van der Waals surface area contributed by atoms with Crippen molar-refractivity contribution >= 4 is 36.5 Å². The van der Waals surface area contributed by atoms with E-state index in [4.69, 9.17) is 31.8 Å². The number of amidine groups is 2. The molecule has 194 valence electrons. The predicted molar refractivity (Wildman–Crippen MR) is 143 cm³/mol. The lowest BCUT2D eigenvalue weighted by molar-refractivity contribution is 0.284. The van der Waals surface area contributed by atoms with Gasteiger partial charge in [-0.3, -0.25) is 10.8 Å². The molecule has 3 rings (SSSR count). The molecule has 0 fully saturated rings. The average Bonchev–Trinajstić information content (AvgIpc) is 2.76. The Kier molecular flexibility index (Phi) is 10.7. The van der Waals surface area contributed by atoms with Crippen LogP contribution in [-0.4, -0.2) is 11.7 Å². The van der Waals surface area contributed by atoms with Crippen molar-refractivity contribution in [3.05, 3.63) is 94.0 Å². The maximum atomic E-state index is 14.3. The summed E-state index contributed by atoms with van der Waals surface area (Å²) in [6, 6.07) is 14.1. The standard InChI is InChI=1S/C26H28F2N4O2.2ClH/c1-26(2,3)19-9-15(13-33-22-6-4-17(24(29)30)11-20(22)27)8-16(10-19)14-34-23-7-5-18(25(31)32)12-21(23)28;;/h4-12H,13-14H2,1-3H3,(H3,29,30)(H3,31,32);2*1H. The molecule has 6 N–H and O–H groups in total. The number of hydrogen-bond acceptors (Lipinski definition) is 4. The molecule has 0 saturated carbocycles. The highest BCUT2D eigenvalue weighted by molar-refractivity contribution is 5.95. The van der Waals surface area contributed by atoms with Gasteiger partial charge in [0.05, 0.1) is 0 Å². The van der Waals surface area contributed by atoms with Gasteiger partial charge in [0.25, 0.3) is 0 Å². The van der Waals surface area contributed by atoms with Gasteiger partial charge in [-0.1, -0.05) is 32.9 Å². The number of nitrogen functional groups attached to an aromatic ring is 2. The topological polar surface area (TPSA) is 118 Å². The summed E-state index contributed by atoms with van der Waals surface area (Å²) in [5.41, 5.74) is 13.8. The molecule has 0 bridgehead atoms. The number of rotatable bonds is 8. The van der Waals surface area contributed by atoms with E-state index in [0.717, 1.165) is 28.8 Å². The fourth-order valence-electron chi connectivity index (χ4n) is 3.26.